The van der Waals surface area contributed by atoms with Crippen molar-refractivity contribution in [1.29, 1.82) is 0 Å². The zero-order chi connectivity index (χ0) is 13.8. The maximum Gasteiger partial charge on any atom is 0.148 e. The smallest absolute Gasteiger partial charge is 0.148 e. The van der Waals surface area contributed by atoms with E-state index in [1.807, 2.05) is 13.8 Å². The van der Waals surface area contributed by atoms with Crippen LogP contribution < -0.4 is 16.6 Å². The van der Waals surface area contributed by atoms with Crippen molar-refractivity contribution < 1.29 is 0 Å². The number of rotatable bonds is 5. The molecule has 0 radical (unpaired) electrons. The summed E-state index contributed by atoms with van der Waals surface area (Å²) in [5.74, 6) is 9.03. The van der Waals surface area contributed by atoms with Gasteiger partial charge in [0.2, 0.25) is 0 Å². The highest BCUT2D eigenvalue weighted by molar-refractivity contribution is 7.99. The van der Waals surface area contributed by atoms with Crippen molar-refractivity contribution in [2.24, 2.45) is 5.84 Å². The van der Waals surface area contributed by atoms with Crippen molar-refractivity contribution in [3.8, 4) is 0 Å². The lowest BCUT2D eigenvalue weighted by molar-refractivity contribution is 0.748. The average Bonchev–Trinajstić information content (AvgIpc) is 2.81. The summed E-state index contributed by atoms with van der Waals surface area (Å²) < 4.78 is 0. The predicted molar refractivity (Wildman–Crippen MR) is 82.5 cm³/mol. The third-order valence-electron chi connectivity index (χ3n) is 3.52. The summed E-state index contributed by atoms with van der Waals surface area (Å²) in [7, 11) is 0. The van der Waals surface area contributed by atoms with Gasteiger partial charge in [-0.05, 0) is 38.9 Å². The molecule has 0 spiro atoms. The molecule has 0 aromatic carbocycles. The molecule has 0 saturated heterocycles. The number of aryl methyl sites for hydroxylation is 1. The second kappa shape index (κ2) is 6.43. The van der Waals surface area contributed by atoms with Gasteiger partial charge < -0.3 is 10.7 Å². The minimum atomic E-state index is 0.516. The quantitative estimate of drug-likeness (QED) is 0.568. The maximum atomic E-state index is 5.49. The van der Waals surface area contributed by atoms with Gasteiger partial charge in [0.15, 0.2) is 0 Å². The summed E-state index contributed by atoms with van der Waals surface area (Å²) >= 11 is 2.06. The van der Waals surface area contributed by atoms with E-state index in [2.05, 4.69) is 39.4 Å². The Labute approximate surface area is 119 Å². The van der Waals surface area contributed by atoms with Crippen LogP contribution in [0.15, 0.2) is 0 Å². The lowest BCUT2D eigenvalue weighted by Crippen LogP contribution is -2.20. The molecule has 1 saturated carbocycles. The van der Waals surface area contributed by atoms with Gasteiger partial charge in [-0.1, -0.05) is 6.92 Å². The van der Waals surface area contributed by atoms with E-state index in [0.29, 0.717) is 11.9 Å². The standard InChI is InChI=1S/C13H23N5S/c1-4-19-11-6-5-10(7-11)17-12-8(2)13(18-14)16-9(3)15-12/h10-11H,4-7,14H2,1-3H3,(H2,15,16,17,18). The zero-order valence-corrected chi connectivity index (χ0v) is 12.7. The van der Waals surface area contributed by atoms with Crippen LogP contribution in [-0.4, -0.2) is 27.0 Å². The van der Waals surface area contributed by atoms with Crippen LogP contribution in [0, 0.1) is 13.8 Å². The Balaban J connectivity index is 2.05. The summed E-state index contributed by atoms with van der Waals surface area (Å²) in [5.41, 5.74) is 3.62. The number of nitrogens with one attached hydrogen (secondary N) is 2. The van der Waals surface area contributed by atoms with Gasteiger partial charge in [-0.2, -0.15) is 11.8 Å². The normalized spacial score (nSPS) is 22.5. The van der Waals surface area contributed by atoms with E-state index in [9.17, 15) is 0 Å². The van der Waals surface area contributed by atoms with E-state index < -0.39 is 0 Å². The Bertz CT molecular complexity index is 437. The molecule has 106 valence electrons. The van der Waals surface area contributed by atoms with Crippen LogP contribution in [0.1, 0.15) is 37.6 Å². The van der Waals surface area contributed by atoms with Crippen LogP contribution >= 0.6 is 11.8 Å². The number of hydrogen-bond donors (Lipinski definition) is 3. The molecule has 0 amide bonds. The van der Waals surface area contributed by atoms with Gasteiger partial charge in [0.25, 0.3) is 0 Å². The van der Waals surface area contributed by atoms with Gasteiger partial charge in [0.1, 0.15) is 17.5 Å². The fourth-order valence-corrected chi connectivity index (χ4v) is 3.70. The SMILES string of the molecule is CCSC1CCC(Nc2nc(C)nc(NN)c2C)C1. The van der Waals surface area contributed by atoms with Gasteiger partial charge in [0, 0.05) is 16.9 Å². The van der Waals surface area contributed by atoms with Crippen LogP contribution in [0.4, 0.5) is 11.6 Å². The number of hydrazine groups is 1. The Morgan fingerprint density at radius 3 is 2.68 bits per heavy atom. The first-order valence-electron chi connectivity index (χ1n) is 6.84. The molecule has 1 aromatic heterocycles. The molecule has 19 heavy (non-hydrogen) atoms. The second-order valence-corrected chi connectivity index (χ2v) is 6.55. The van der Waals surface area contributed by atoms with Crippen molar-refractivity contribution in [1.82, 2.24) is 9.97 Å². The first kappa shape index (κ1) is 14.4. The Hall–Kier alpha value is -1.01. The molecular weight excluding hydrogens is 258 g/mol. The Kier molecular flexibility index (Phi) is 4.87. The molecule has 1 heterocycles. The average molecular weight is 281 g/mol. The van der Waals surface area contributed by atoms with Crippen molar-refractivity contribution in [3.05, 3.63) is 11.4 Å². The van der Waals surface area contributed by atoms with Crippen LogP contribution in [0.25, 0.3) is 0 Å². The molecule has 0 aliphatic heterocycles. The highest BCUT2D eigenvalue weighted by Gasteiger charge is 2.25. The number of nitrogens with two attached hydrogens (primary N) is 1. The van der Waals surface area contributed by atoms with Crippen LogP contribution in [-0.2, 0) is 0 Å². The van der Waals surface area contributed by atoms with Crippen molar-refractivity contribution >= 4 is 23.4 Å². The van der Waals surface area contributed by atoms with E-state index in [4.69, 9.17) is 5.84 Å². The van der Waals surface area contributed by atoms with Gasteiger partial charge in [-0.25, -0.2) is 15.8 Å². The van der Waals surface area contributed by atoms with Crippen LogP contribution in [0.5, 0.6) is 0 Å². The van der Waals surface area contributed by atoms with E-state index in [-0.39, 0.29) is 0 Å². The number of nitrogen functional groups attached to an aromatic ring is 1. The molecule has 1 aliphatic carbocycles. The van der Waals surface area contributed by atoms with Crippen molar-refractivity contribution in [2.75, 3.05) is 16.5 Å². The molecule has 1 fully saturated rings. The third kappa shape index (κ3) is 3.51. The first-order chi connectivity index (χ1) is 9.13. The molecule has 4 N–H and O–H groups in total. The molecule has 2 rings (SSSR count). The number of nitrogens with zero attached hydrogens (tertiary/aromatic N) is 2. The van der Waals surface area contributed by atoms with Gasteiger partial charge >= 0.3 is 0 Å². The largest absolute Gasteiger partial charge is 0.367 e. The molecule has 2 unspecified atom stereocenters. The molecule has 1 aromatic rings. The molecule has 2 atom stereocenters. The lowest BCUT2D eigenvalue weighted by Gasteiger charge is -2.17. The van der Waals surface area contributed by atoms with Crippen molar-refractivity contribution in [2.45, 2.75) is 51.3 Å². The molecule has 6 heteroatoms. The Morgan fingerprint density at radius 1 is 1.26 bits per heavy atom. The van der Waals surface area contributed by atoms with Gasteiger partial charge in [-0.15, -0.1) is 0 Å². The molecule has 0 bridgehead atoms. The topological polar surface area (TPSA) is 75.9 Å². The summed E-state index contributed by atoms with van der Waals surface area (Å²) in [4.78, 5) is 8.77. The fraction of sp³-hybridized carbons (Fsp3) is 0.692. The van der Waals surface area contributed by atoms with E-state index in [1.54, 1.807) is 0 Å². The minimum absolute atomic E-state index is 0.516. The number of thioether (sulfide) groups is 1. The van der Waals surface area contributed by atoms with Crippen molar-refractivity contribution in [3.63, 3.8) is 0 Å². The minimum Gasteiger partial charge on any atom is -0.367 e. The molecule has 5 nitrogen and oxygen atoms in total. The predicted octanol–water partition coefficient (Wildman–Crippen LogP) is 2.47. The van der Waals surface area contributed by atoms with Gasteiger partial charge in [-0.3, -0.25) is 0 Å². The summed E-state index contributed by atoms with van der Waals surface area (Å²) in [6.07, 6.45) is 3.72. The maximum absolute atomic E-state index is 5.49. The zero-order valence-electron chi connectivity index (χ0n) is 11.9. The monoisotopic (exact) mass is 281 g/mol. The van der Waals surface area contributed by atoms with E-state index in [0.717, 1.165) is 22.5 Å². The lowest BCUT2D eigenvalue weighted by atomic mass is 10.2. The third-order valence-corrected chi connectivity index (χ3v) is 4.75. The second-order valence-electron chi connectivity index (χ2n) is 4.97. The Morgan fingerprint density at radius 2 is 2.00 bits per heavy atom. The number of aromatic nitrogens is 2. The fourth-order valence-electron chi connectivity index (χ4n) is 2.56. The van der Waals surface area contributed by atoms with Gasteiger partial charge in [0.05, 0.1) is 0 Å². The van der Waals surface area contributed by atoms with Crippen LogP contribution in [0.2, 0.25) is 0 Å². The highest BCUT2D eigenvalue weighted by Crippen LogP contribution is 2.32. The summed E-state index contributed by atoms with van der Waals surface area (Å²) in [6, 6.07) is 0.516. The van der Waals surface area contributed by atoms with E-state index >= 15 is 0 Å². The summed E-state index contributed by atoms with van der Waals surface area (Å²) in [6.45, 7) is 6.10. The molecular formula is C13H23N5S. The highest BCUT2D eigenvalue weighted by atomic mass is 32.2. The summed E-state index contributed by atoms with van der Waals surface area (Å²) in [5, 5.41) is 4.34. The van der Waals surface area contributed by atoms with E-state index in [1.165, 1.54) is 25.0 Å². The number of hydrogen-bond acceptors (Lipinski definition) is 6. The first-order valence-corrected chi connectivity index (χ1v) is 7.89. The molecule has 1 aliphatic rings. The van der Waals surface area contributed by atoms with Crippen LogP contribution in [0.3, 0.4) is 0 Å². The number of anilines is 2.